The van der Waals surface area contributed by atoms with Gasteiger partial charge in [-0.1, -0.05) is 25.0 Å². The minimum atomic E-state index is -0.484. The summed E-state index contributed by atoms with van der Waals surface area (Å²) in [5.74, 6) is 0.695. The maximum absolute atomic E-state index is 12.3. The molecule has 22 heavy (non-hydrogen) atoms. The number of nitrogens with one attached hydrogen (secondary N) is 1. The number of ether oxygens (including phenoxy) is 1. The van der Waals surface area contributed by atoms with Crippen LogP contribution in [-0.2, 0) is 4.79 Å². The van der Waals surface area contributed by atoms with Gasteiger partial charge in [-0.05, 0) is 58.5 Å². The molecule has 4 heteroatoms. The predicted molar refractivity (Wildman–Crippen MR) is 89.2 cm³/mol. The Morgan fingerprint density at radius 3 is 2.64 bits per heavy atom. The molecule has 0 spiro atoms. The highest BCUT2D eigenvalue weighted by molar-refractivity contribution is 5.80. The standard InChI is InChI=1S/C18H28N2O2/c1-14-8-7-9-16(12-14)22-15(2)17(21)19-13-18(20(3)4)10-5-6-11-18/h7-9,12,15H,5-6,10-11,13H2,1-4H3,(H,19,21). The van der Waals surface area contributed by atoms with Crippen LogP contribution in [0.4, 0.5) is 0 Å². The Kier molecular flexibility index (Phi) is 5.46. The van der Waals surface area contributed by atoms with Gasteiger partial charge in [-0.3, -0.25) is 4.79 Å². The zero-order valence-corrected chi connectivity index (χ0v) is 14.2. The van der Waals surface area contributed by atoms with Crippen molar-refractivity contribution in [3.8, 4) is 5.75 Å². The minimum Gasteiger partial charge on any atom is -0.481 e. The maximum atomic E-state index is 12.3. The van der Waals surface area contributed by atoms with E-state index < -0.39 is 6.10 Å². The van der Waals surface area contributed by atoms with Crippen molar-refractivity contribution in [1.29, 1.82) is 0 Å². The van der Waals surface area contributed by atoms with Crippen LogP contribution in [-0.4, -0.2) is 43.1 Å². The fraction of sp³-hybridized carbons (Fsp3) is 0.611. The van der Waals surface area contributed by atoms with Crippen molar-refractivity contribution in [2.75, 3.05) is 20.6 Å². The molecule has 1 N–H and O–H groups in total. The first kappa shape index (κ1) is 16.8. The van der Waals surface area contributed by atoms with E-state index in [0.29, 0.717) is 6.54 Å². The number of rotatable bonds is 6. The van der Waals surface area contributed by atoms with Crippen LogP contribution in [0.1, 0.15) is 38.2 Å². The predicted octanol–water partition coefficient (Wildman–Crippen LogP) is 2.75. The topological polar surface area (TPSA) is 41.6 Å². The van der Waals surface area contributed by atoms with Crippen LogP contribution in [0.25, 0.3) is 0 Å². The van der Waals surface area contributed by atoms with E-state index in [2.05, 4.69) is 24.3 Å². The van der Waals surface area contributed by atoms with Crippen molar-refractivity contribution in [1.82, 2.24) is 10.2 Å². The first-order valence-electron chi connectivity index (χ1n) is 8.11. The number of hydrogen-bond acceptors (Lipinski definition) is 3. The van der Waals surface area contributed by atoms with Gasteiger partial charge in [0, 0.05) is 12.1 Å². The average Bonchev–Trinajstić information content (AvgIpc) is 2.95. The van der Waals surface area contributed by atoms with E-state index in [1.807, 2.05) is 31.2 Å². The lowest BCUT2D eigenvalue weighted by Crippen LogP contribution is -2.52. The number of benzene rings is 1. The van der Waals surface area contributed by atoms with Crippen molar-refractivity contribution in [3.63, 3.8) is 0 Å². The number of carbonyl (C=O) groups is 1. The van der Waals surface area contributed by atoms with Gasteiger partial charge >= 0.3 is 0 Å². The van der Waals surface area contributed by atoms with Crippen LogP contribution >= 0.6 is 0 Å². The third-order valence-electron chi connectivity index (χ3n) is 4.75. The molecule has 1 aromatic carbocycles. The largest absolute Gasteiger partial charge is 0.481 e. The van der Waals surface area contributed by atoms with Gasteiger partial charge < -0.3 is 15.0 Å². The molecule has 122 valence electrons. The molecule has 1 atom stereocenters. The van der Waals surface area contributed by atoms with Gasteiger partial charge in [-0.25, -0.2) is 0 Å². The summed E-state index contributed by atoms with van der Waals surface area (Å²) in [5.41, 5.74) is 1.24. The second kappa shape index (κ2) is 7.14. The lowest BCUT2D eigenvalue weighted by Gasteiger charge is -2.36. The summed E-state index contributed by atoms with van der Waals surface area (Å²) in [5, 5.41) is 3.08. The SMILES string of the molecule is Cc1cccc(OC(C)C(=O)NCC2(N(C)C)CCCC2)c1. The summed E-state index contributed by atoms with van der Waals surface area (Å²) >= 11 is 0. The Labute approximate surface area is 133 Å². The molecule has 1 fully saturated rings. The number of likely N-dealkylation sites (N-methyl/N-ethyl adjacent to an activating group) is 1. The summed E-state index contributed by atoms with van der Waals surface area (Å²) in [4.78, 5) is 14.6. The zero-order chi connectivity index (χ0) is 16.2. The molecule has 1 aliphatic rings. The molecular weight excluding hydrogens is 276 g/mol. The molecular formula is C18H28N2O2. The molecule has 1 aliphatic carbocycles. The Morgan fingerprint density at radius 1 is 1.36 bits per heavy atom. The fourth-order valence-corrected chi connectivity index (χ4v) is 3.16. The van der Waals surface area contributed by atoms with E-state index in [0.717, 1.165) is 24.2 Å². The molecule has 0 saturated heterocycles. The number of carbonyl (C=O) groups excluding carboxylic acids is 1. The molecule has 1 saturated carbocycles. The van der Waals surface area contributed by atoms with Crippen LogP contribution in [0.3, 0.4) is 0 Å². The monoisotopic (exact) mass is 304 g/mol. The first-order chi connectivity index (χ1) is 10.4. The van der Waals surface area contributed by atoms with E-state index in [9.17, 15) is 4.79 Å². The van der Waals surface area contributed by atoms with Crippen LogP contribution in [0.15, 0.2) is 24.3 Å². The highest BCUT2D eigenvalue weighted by Gasteiger charge is 2.36. The van der Waals surface area contributed by atoms with Crippen molar-refractivity contribution in [3.05, 3.63) is 29.8 Å². The molecule has 1 aromatic rings. The minimum absolute atomic E-state index is 0.0466. The number of aryl methyl sites for hydroxylation is 1. The second-order valence-corrected chi connectivity index (χ2v) is 6.62. The molecule has 2 rings (SSSR count). The van der Waals surface area contributed by atoms with Crippen molar-refractivity contribution < 1.29 is 9.53 Å². The van der Waals surface area contributed by atoms with Crippen LogP contribution < -0.4 is 10.1 Å². The lowest BCUT2D eigenvalue weighted by molar-refractivity contribution is -0.127. The van der Waals surface area contributed by atoms with Gasteiger partial charge in [-0.2, -0.15) is 0 Å². The molecule has 0 radical (unpaired) electrons. The zero-order valence-electron chi connectivity index (χ0n) is 14.2. The van der Waals surface area contributed by atoms with Gasteiger partial charge in [0.15, 0.2) is 6.10 Å². The third kappa shape index (κ3) is 4.01. The molecule has 0 aromatic heterocycles. The van der Waals surface area contributed by atoms with Crippen LogP contribution in [0.5, 0.6) is 5.75 Å². The van der Waals surface area contributed by atoms with Crippen molar-refractivity contribution in [2.24, 2.45) is 0 Å². The average molecular weight is 304 g/mol. The Bertz CT molecular complexity index is 508. The van der Waals surface area contributed by atoms with Crippen LogP contribution in [0.2, 0.25) is 0 Å². The summed E-state index contributed by atoms with van der Waals surface area (Å²) in [6, 6.07) is 7.78. The van der Waals surface area contributed by atoms with E-state index in [4.69, 9.17) is 4.74 Å². The molecule has 4 nitrogen and oxygen atoms in total. The summed E-state index contributed by atoms with van der Waals surface area (Å²) in [6.07, 6.45) is 4.29. The molecule has 1 unspecified atom stereocenters. The van der Waals surface area contributed by atoms with Crippen molar-refractivity contribution in [2.45, 2.75) is 51.2 Å². The highest BCUT2D eigenvalue weighted by Crippen LogP contribution is 2.33. The Balaban J connectivity index is 1.88. The van der Waals surface area contributed by atoms with Gasteiger partial charge in [0.1, 0.15) is 5.75 Å². The van der Waals surface area contributed by atoms with Gasteiger partial charge in [0.05, 0.1) is 0 Å². The number of amides is 1. The van der Waals surface area contributed by atoms with Gasteiger partial charge in [-0.15, -0.1) is 0 Å². The van der Waals surface area contributed by atoms with E-state index in [1.54, 1.807) is 6.92 Å². The van der Waals surface area contributed by atoms with Gasteiger partial charge in [0.25, 0.3) is 5.91 Å². The number of nitrogens with zero attached hydrogens (tertiary/aromatic N) is 1. The van der Waals surface area contributed by atoms with E-state index in [-0.39, 0.29) is 11.4 Å². The third-order valence-corrected chi connectivity index (χ3v) is 4.75. The number of hydrogen-bond donors (Lipinski definition) is 1. The fourth-order valence-electron chi connectivity index (χ4n) is 3.16. The smallest absolute Gasteiger partial charge is 0.260 e. The van der Waals surface area contributed by atoms with E-state index >= 15 is 0 Å². The second-order valence-electron chi connectivity index (χ2n) is 6.62. The highest BCUT2D eigenvalue weighted by atomic mass is 16.5. The molecule has 0 aliphatic heterocycles. The van der Waals surface area contributed by atoms with Gasteiger partial charge in [0.2, 0.25) is 0 Å². The maximum Gasteiger partial charge on any atom is 0.260 e. The Morgan fingerprint density at radius 2 is 2.05 bits per heavy atom. The lowest BCUT2D eigenvalue weighted by atomic mass is 9.96. The van der Waals surface area contributed by atoms with E-state index in [1.165, 1.54) is 12.8 Å². The normalized spacial score (nSPS) is 18.2. The van der Waals surface area contributed by atoms with Crippen molar-refractivity contribution >= 4 is 5.91 Å². The summed E-state index contributed by atoms with van der Waals surface area (Å²) < 4.78 is 5.74. The van der Waals surface area contributed by atoms with Crippen LogP contribution in [0, 0.1) is 6.92 Å². The Hall–Kier alpha value is -1.55. The molecule has 0 heterocycles. The quantitative estimate of drug-likeness (QED) is 0.878. The summed E-state index contributed by atoms with van der Waals surface area (Å²) in [6.45, 7) is 4.51. The summed E-state index contributed by atoms with van der Waals surface area (Å²) in [7, 11) is 4.20. The molecule has 1 amide bonds. The molecule has 0 bridgehead atoms. The first-order valence-corrected chi connectivity index (χ1v) is 8.11.